The third-order valence-electron chi connectivity index (χ3n) is 3.45. The van der Waals surface area contributed by atoms with Crippen LogP contribution in [-0.4, -0.2) is 30.2 Å². The van der Waals surface area contributed by atoms with Gasteiger partial charge in [-0.1, -0.05) is 22.9 Å². The summed E-state index contributed by atoms with van der Waals surface area (Å²) in [5, 5.41) is 0.975. The summed E-state index contributed by atoms with van der Waals surface area (Å²) in [4.78, 5) is 0. The van der Waals surface area contributed by atoms with Crippen molar-refractivity contribution in [3.05, 3.63) is 0 Å². The molecule has 1 aliphatic heterocycles. The van der Waals surface area contributed by atoms with Crippen LogP contribution in [-0.2, 0) is 9.47 Å². The lowest BCUT2D eigenvalue weighted by atomic mass is 9.80. The SMILES string of the molecule is CC1CCC(CBr)(OC2COC2)CC1. The molecule has 0 spiro atoms. The Labute approximate surface area is 94.5 Å². The van der Waals surface area contributed by atoms with Gasteiger partial charge in [0, 0.05) is 5.33 Å². The molecule has 3 heteroatoms. The Morgan fingerprint density at radius 3 is 2.43 bits per heavy atom. The molecule has 2 nitrogen and oxygen atoms in total. The van der Waals surface area contributed by atoms with Crippen LogP contribution in [0.3, 0.4) is 0 Å². The largest absolute Gasteiger partial charge is 0.376 e. The van der Waals surface area contributed by atoms with Crippen molar-refractivity contribution in [3.63, 3.8) is 0 Å². The summed E-state index contributed by atoms with van der Waals surface area (Å²) in [6.45, 7) is 3.93. The molecule has 0 radical (unpaired) electrons. The Kier molecular flexibility index (Phi) is 3.50. The van der Waals surface area contributed by atoms with Gasteiger partial charge in [-0.25, -0.2) is 0 Å². The second-order valence-corrected chi connectivity index (χ2v) is 5.34. The maximum absolute atomic E-state index is 6.14. The van der Waals surface area contributed by atoms with E-state index >= 15 is 0 Å². The molecule has 1 aliphatic carbocycles. The molecule has 0 aromatic carbocycles. The normalized spacial score (nSPS) is 39.4. The second-order valence-electron chi connectivity index (χ2n) is 4.78. The standard InChI is InChI=1S/C11H19BrO2/c1-9-2-4-11(8-12,5-3-9)14-10-6-13-7-10/h9-10H,2-8H2,1H3. The van der Waals surface area contributed by atoms with Crippen LogP contribution in [0.1, 0.15) is 32.6 Å². The third kappa shape index (κ3) is 2.31. The van der Waals surface area contributed by atoms with Crippen molar-refractivity contribution < 1.29 is 9.47 Å². The molecular formula is C11H19BrO2. The predicted molar refractivity (Wildman–Crippen MR) is 59.8 cm³/mol. The smallest absolute Gasteiger partial charge is 0.105 e. The van der Waals surface area contributed by atoms with Gasteiger partial charge >= 0.3 is 0 Å². The molecule has 0 amide bonds. The van der Waals surface area contributed by atoms with Crippen LogP contribution in [0.4, 0.5) is 0 Å². The lowest BCUT2D eigenvalue weighted by Crippen LogP contribution is -2.48. The van der Waals surface area contributed by atoms with Gasteiger partial charge in [0.25, 0.3) is 0 Å². The van der Waals surface area contributed by atoms with E-state index in [9.17, 15) is 0 Å². The zero-order valence-electron chi connectivity index (χ0n) is 8.80. The van der Waals surface area contributed by atoms with Gasteiger partial charge in [-0.05, 0) is 31.6 Å². The van der Waals surface area contributed by atoms with Gasteiger partial charge in [0.15, 0.2) is 0 Å². The molecule has 0 N–H and O–H groups in total. The number of alkyl halides is 1. The monoisotopic (exact) mass is 262 g/mol. The second kappa shape index (κ2) is 4.50. The average Bonchev–Trinajstić information content (AvgIpc) is 2.15. The fraction of sp³-hybridized carbons (Fsp3) is 1.00. The molecule has 2 fully saturated rings. The van der Waals surface area contributed by atoms with E-state index in [2.05, 4.69) is 22.9 Å². The highest BCUT2D eigenvalue weighted by Crippen LogP contribution is 2.37. The number of ether oxygens (including phenoxy) is 2. The lowest BCUT2D eigenvalue weighted by Gasteiger charge is -2.42. The first-order valence-corrected chi connectivity index (χ1v) is 6.68. The van der Waals surface area contributed by atoms with Crippen molar-refractivity contribution in [2.75, 3.05) is 18.5 Å². The number of hydrogen-bond donors (Lipinski definition) is 0. The van der Waals surface area contributed by atoms with E-state index in [0.717, 1.165) is 24.5 Å². The Balaban J connectivity index is 1.88. The van der Waals surface area contributed by atoms with Gasteiger partial charge in [0.05, 0.1) is 18.8 Å². The Hall–Kier alpha value is 0.400. The molecule has 14 heavy (non-hydrogen) atoms. The maximum Gasteiger partial charge on any atom is 0.105 e. The zero-order valence-corrected chi connectivity index (χ0v) is 10.4. The molecule has 1 saturated carbocycles. The molecule has 0 aromatic rings. The molecule has 1 saturated heterocycles. The molecule has 82 valence electrons. The number of rotatable bonds is 3. The number of halogens is 1. The predicted octanol–water partition coefficient (Wildman–Crippen LogP) is 2.75. The summed E-state index contributed by atoms with van der Waals surface area (Å²) in [5.74, 6) is 0.878. The minimum Gasteiger partial charge on any atom is -0.376 e. The van der Waals surface area contributed by atoms with Crippen LogP contribution >= 0.6 is 15.9 Å². The molecule has 0 atom stereocenters. The molecule has 0 bridgehead atoms. The van der Waals surface area contributed by atoms with Crippen LogP contribution in [0.15, 0.2) is 0 Å². The summed E-state index contributed by atoms with van der Waals surface area (Å²) in [6, 6.07) is 0. The molecule has 0 unspecified atom stereocenters. The Bertz CT molecular complexity index is 184. The minimum atomic E-state index is 0.112. The van der Waals surface area contributed by atoms with Crippen LogP contribution < -0.4 is 0 Å². The third-order valence-corrected chi connectivity index (χ3v) is 4.48. The van der Waals surface area contributed by atoms with Gasteiger partial charge in [0.1, 0.15) is 6.10 Å². The van der Waals surface area contributed by atoms with Gasteiger partial charge < -0.3 is 9.47 Å². The lowest BCUT2D eigenvalue weighted by molar-refractivity contribution is -0.195. The fourth-order valence-corrected chi connectivity index (χ4v) is 2.90. The summed E-state index contributed by atoms with van der Waals surface area (Å²) in [7, 11) is 0. The Morgan fingerprint density at radius 1 is 1.36 bits per heavy atom. The minimum absolute atomic E-state index is 0.112. The quantitative estimate of drug-likeness (QED) is 0.729. The van der Waals surface area contributed by atoms with Crippen molar-refractivity contribution in [2.45, 2.75) is 44.3 Å². The van der Waals surface area contributed by atoms with Crippen LogP contribution in [0.2, 0.25) is 0 Å². The van der Waals surface area contributed by atoms with Crippen molar-refractivity contribution in [1.29, 1.82) is 0 Å². The van der Waals surface area contributed by atoms with Crippen molar-refractivity contribution >= 4 is 15.9 Å². The van der Waals surface area contributed by atoms with E-state index in [1.165, 1.54) is 25.7 Å². The van der Waals surface area contributed by atoms with Crippen LogP contribution in [0.5, 0.6) is 0 Å². The summed E-state index contributed by atoms with van der Waals surface area (Å²) >= 11 is 3.60. The van der Waals surface area contributed by atoms with Crippen molar-refractivity contribution in [2.24, 2.45) is 5.92 Å². The fourth-order valence-electron chi connectivity index (χ4n) is 2.21. The highest BCUT2D eigenvalue weighted by molar-refractivity contribution is 9.09. The summed E-state index contributed by atoms with van der Waals surface area (Å²) in [5.41, 5.74) is 0.112. The molecule has 1 heterocycles. The van der Waals surface area contributed by atoms with Crippen LogP contribution in [0.25, 0.3) is 0 Å². The molecule has 0 aromatic heterocycles. The molecule has 2 rings (SSSR count). The topological polar surface area (TPSA) is 18.5 Å². The van der Waals surface area contributed by atoms with Gasteiger partial charge in [-0.2, -0.15) is 0 Å². The first-order chi connectivity index (χ1) is 6.74. The molecular weight excluding hydrogens is 244 g/mol. The van der Waals surface area contributed by atoms with E-state index in [-0.39, 0.29) is 5.60 Å². The van der Waals surface area contributed by atoms with E-state index in [1.54, 1.807) is 0 Å². The first kappa shape index (κ1) is 10.9. The van der Waals surface area contributed by atoms with Crippen molar-refractivity contribution in [3.8, 4) is 0 Å². The Morgan fingerprint density at radius 2 is 2.00 bits per heavy atom. The highest BCUT2D eigenvalue weighted by Gasteiger charge is 2.38. The zero-order chi connectivity index (χ0) is 10.0. The van der Waals surface area contributed by atoms with E-state index in [0.29, 0.717) is 6.10 Å². The van der Waals surface area contributed by atoms with Gasteiger partial charge in [-0.15, -0.1) is 0 Å². The highest BCUT2D eigenvalue weighted by atomic mass is 79.9. The van der Waals surface area contributed by atoms with E-state index < -0.39 is 0 Å². The summed E-state index contributed by atoms with van der Waals surface area (Å²) in [6.07, 6.45) is 5.38. The van der Waals surface area contributed by atoms with Gasteiger partial charge in [-0.3, -0.25) is 0 Å². The van der Waals surface area contributed by atoms with E-state index in [1.807, 2.05) is 0 Å². The summed E-state index contributed by atoms with van der Waals surface area (Å²) < 4.78 is 11.3. The average molecular weight is 263 g/mol. The van der Waals surface area contributed by atoms with Gasteiger partial charge in [0.2, 0.25) is 0 Å². The van der Waals surface area contributed by atoms with E-state index in [4.69, 9.17) is 9.47 Å². The number of hydrogen-bond acceptors (Lipinski definition) is 2. The molecule has 2 aliphatic rings. The maximum atomic E-state index is 6.14. The first-order valence-electron chi connectivity index (χ1n) is 5.56. The van der Waals surface area contributed by atoms with Crippen molar-refractivity contribution in [1.82, 2.24) is 0 Å². The van der Waals surface area contributed by atoms with Crippen LogP contribution in [0, 0.1) is 5.92 Å².